The molecule has 1 aliphatic rings. The summed E-state index contributed by atoms with van der Waals surface area (Å²) in [5.74, 6) is -3.04. The molecule has 130 valence electrons. The summed E-state index contributed by atoms with van der Waals surface area (Å²) in [6.45, 7) is 1.90. The van der Waals surface area contributed by atoms with Gasteiger partial charge >= 0.3 is 11.9 Å². The zero-order chi connectivity index (χ0) is 17.8. The van der Waals surface area contributed by atoms with Crippen molar-refractivity contribution in [2.24, 2.45) is 11.8 Å². The Kier molecular flexibility index (Phi) is 5.14. The Labute approximate surface area is 146 Å². The van der Waals surface area contributed by atoms with Gasteiger partial charge in [-0.2, -0.15) is 0 Å². The van der Waals surface area contributed by atoms with Crippen LogP contribution in [0.15, 0.2) is 60.7 Å². The van der Waals surface area contributed by atoms with Gasteiger partial charge in [-0.3, -0.25) is 9.59 Å². The predicted octanol–water partition coefficient (Wildman–Crippen LogP) is 2.81. The molecule has 0 aliphatic carbocycles. The minimum Gasteiger partial charge on any atom is -0.466 e. The molecule has 2 aromatic carbocycles. The highest BCUT2D eigenvalue weighted by Gasteiger charge is 2.53. The van der Waals surface area contributed by atoms with E-state index in [1.54, 1.807) is 43.3 Å². The fraction of sp³-hybridized carbons (Fsp3) is 0.300. The van der Waals surface area contributed by atoms with Gasteiger partial charge in [0.2, 0.25) is 0 Å². The van der Waals surface area contributed by atoms with Crippen molar-refractivity contribution in [3.05, 3.63) is 71.8 Å². The third kappa shape index (κ3) is 3.42. The second-order valence-electron chi connectivity index (χ2n) is 5.93. The lowest BCUT2D eigenvalue weighted by Crippen LogP contribution is -2.31. The molecular weight excluding hydrogens is 320 g/mol. The molecule has 25 heavy (non-hydrogen) atoms. The van der Waals surface area contributed by atoms with Gasteiger partial charge in [-0.05, 0) is 18.1 Å². The van der Waals surface area contributed by atoms with Gasteiger partial charge in [0.15, 0.2) is 0 Å². The molecule has 0 amide bonds. The van der Waals surface area contributed by atoms with Gasteiger partial charge in [0.25, 0.3) is 0 Å². The Morgan fingerprint density at radius 3 is 2.32 bits per heavy atom. The third-order valence-electron chi connectivity index (χ3n) is 4.40. The first-order valence-electron chi connectivity index (χ1n) is 8.28. The van der Waals surface area contributed by atoms with E-state index in [-0.39, 0.29) is 6.61 Å². The number of hydrogen-bond donors (Lipinski definition) is 1. The summed E-state index contributed by atoms with van der Waals surface area (Å²) in [6, 6.07) is 17.8. The van der Waals surface area contributed by atoms with E-state index in [4.69, 9.17) is 9.47 Å². The van der Waals surface area contributed by atoms with Crippen molar-refractivity contribution in [3.8, 4) is 0 Å². The molecule has 3 rings (SSSR count). The van der Waals surface area contributed by atoms with Gasteiger partial charge in [-0.25, -0.2) is 0 Å². The molecule has 1 N–H and O–H groups in total. The quantitative estimate of drug-likeness (QED) is 0.848. The molecule has 0 aromatic heterocycles. The molecule has 1 aliphatic heterocycles. The number of aliphatic hydroxyl groups excluding tert-OH is 1. The molecule has 1 heterocycles. The molecule has 0 unspecified atom stereocenters. The molecule has 0 bridgehead atoms. The summed E-state index contributed by atoms with van der Waals surface area (Å²) in [5, 5.41) is 10.7. The van der Waals surface area contributed by atoms with E-state index in [1.165, 1.54) is 0 Å². The molecule has 1 fully saturated rings. The average Bonchev–Trinajstić information content (AvgIpc) is 3.00. The summed E-state index contributed by atoms with van der Waals surface area (Å²) in [4.78, 5) is 25.1. The maximum atomic E-state index is 12.6. The molecule has 5 heteroatoms. The number of aliphatic hydroxyl groups is 1. The minimum absolute atomic E-state index is 0.194. The van der Waals surface area contributed by atoms with E-state index in [0.29, 0.717) is 11.1 Å². The summed E-state index contributed by atoms with van der Waals surface area (Å²) >= 11 is 0. The Hall–Kier alpha value is -2.66. The van der Waals surface area contributed by atoms with E-state index in [2.05, 4.69) is 0 Å². The maximum absolute atomic E-state index is 12.6. The minimum atomic E-state index is -1.14. The average molecular weight is 340 g/mol. The van der Waals surface area contributed by atoms with Crippen LogP contribution in [0.3, 0.4) is 0 Å². The van der Waals surface area contributed by atoms with E-state index >= 15 is 0 Å². The van der Waals surface area contributed by atoms with Crippen molar-refractivity contribution in [2.45, 2.75) is 19.1 Å². The number of carbonyl (C=O) groups is 2. The molecule has 1 saturated heterocycles. The van der Waals surface area contributed by atoms with Gasteiger partial charge in [0.1, 0.15) is 17.9 Å². The van der Waals surface area contributed by atoms with Crippen LogP contribution < -0.4 is 0 Å². The van der Waals surface area contributed by atoms with E-state index in [0.717, 1.165) is 0 Å². The Bertz CT molecular complexity index is 728. The Morgan fingerprint density at radius 1 is 1.12 bits per heavy atom. The fourth-order valence-electron chi connectivity index (χ4n) is 3.22. The highest BCUT2D eigenvalue weighted by atomic mass is 16.6. The smallest absolute Gasteiger partial charge is 0.314 e. The number of carbonyl (C=O) groups excluding carboxylic acids is 2. The van der Waals surface area contributed by atoms with Crippen molar-refractivity contribution in [2.75, 3.05) is 6.61 Å². The normalized spacial score (nSPS) is 23.8. The van der Waals surface area contributed by atoms with Crippen molar-refractivity contribution < 1.29 is 24.2 Å². The summed E-state index contributed by atoms with van der Waals surface area (Å²) in [5.41, 5.74) is 1.27. The third-order valence-corrected chi connectivity index (χ3v) is 4.40. The van der Waals surface area contributed by atoms with Crippen molar-refractivity contribution in [3.63, 3.8) is 0 Å². The molecule has 0 spiro atoms. The highest BCUT2D eigenvalue weighted by Crippen LogP contribution is 2.45. The first kappa shape index (κ1) is 17.2. The zero-order valence-electron chi connectivity index (χ0n) is 13.9. The Morgan fingerprint density at radius 2 is 1.72 bits per heavy atom. The second-order valence-corrected chi connectivity index (χ2v) is 5.93. The van der Waals surface area contributed by atoms with Crippen LogP contribution in [-0.4, -0.2) is 23.7 Å². The van der Waals surface area contributed by atoms with Crippen LogP contribution in [0.2, 0.25) is 0 Å². The number of hydrogen-bond acceptors (Lipinski definition) is 5. The van der Waals surface area contributed by atoms with E-state index in [9.17, 15) is 14.7 Å². The van der Waals surface area contributed by atoms with Gasteiger partial charge < -0.3 is 14.6 Å². The lowest BCUT2D eigenvalue weighted by Gasteiger charge is -2.23. The number of benzene rings is 2. The van der Waals surface area contributed by atoms with E-state index in [1.807, 2.05) is 24.3 Å². The molecular formula is C20H20O5. The first-order valence-corrected chi connectivity index (χ1v) is 8.28. The number of cyclic esters (lactones) is 1. The van der Waals surface area contributed by atoms with Gasteiger partial charge in [0, 0.05) is 0 Å². The van der Waals surface area contributed by atoms with Crippen LogP contribution in [0.25, 0.3) is 0 Å². The zero-order valence-corrected chi connectivity index (χ0v) is 13.9. The predicted molar refractivity (Wildman–Crippen MR) is 90.3 cm³/mol. The van der Waals surface area contributed by atoms with Crippen LogP contribution in [-0.2, 0) is 19.1 Å². The second kappa shape index (κ2) is 7.49. The van der Waals surface area contributed by atoms with Gasteiger partial charge in [0.05, 0.1) is 12.7 Å². The lowest BCUT2D eigenvalue weighted by molar-refractivity contribution is -0.153. The monoisotopic (exact) mass is 340 g/mol. The topological polar surface area (TPSA) is 72.8 Å². The number of rotatable bonds is 5. The van der Waals surface area contributed by atoms with Crippen LogP contribution in [0.4, 0.5) is 0 Å². The van der Waals surface area contributed by atoms with Crippen LogP contribution in [0.5, 0.6) is 0 Å². The first-order chi connectivity index (χ1) is 12.1. The molecule has 0 radical (unpaired) electrons. The molecule has 4 atom stereocenters. The van der Waals surface area contributed by atoms with Crippen LogP contribution in [0.1, 0.15) is 30.3 Å². The standard InChI is InChI=1S/C20H20O5/c1-2-24-19(22)16-15(17(21)13-9-5-3-6-10-13)20(23)25-18(16)14-11-7-4-8-12-14/h3-12,15-18,21H,2H2,1H3/t15-,16-,17-,18-/m0/s1. The highest BCUT2D eigenvalue weighted by molar-refractivity contribution is 5.86. The molecule has 2 aromatic rings. The maximum Gasteiger partial charge on any atom is 0.314 e. The van der Waals surface area contributed by atoms with Crippen molar-refractivity contribution in [1.29, 1.82) is 0 Å². The molecule has 0 saturated carbocycles. The van der Waals surface area contributed by atoms with Crippen LogP contribution in [0, 0.1) is 11.8 Å². The largest absolute Gasteiger partial charge is 0.466 e. The lowest BCUT2D eigenvalue weighted by atomic mass is 9.81. The van der Waals surface area contributed by atoms with Crippen LogP contribution >= 0.6 is 0 Å². The summed E-state index contributed by atoms with van der Waals surface area (Å²) in [7, 11) is 0. The molecule has 5 nitrogen and oxygen atoms in total. The van der Waals surface area contributed by atoms with Gasteiger partial charge in [-0.15, -0.1) is 0 Å². The SMILES string of the molecule is CCOC(=O)[C@H]1[C@@H]([C@@H](O)c2ccccc2)C(=O)O[C@H]1c1ccccc1. The summed E-state index contributed by atoms with van der Waals surface area (Å²) in [6.07, 6.45) is -1.91. The number of ether oxygens (including phenoxy) is 2. The Balaban J connectivity index is 1.98. The van der Waals surface area contributed by atoms with Crippen molar-refractivity contribution >= 4 is 11.9 Å². The van der Waals surface area contributed by atoms with Gasteiger partial charge in [-0.1, -0.05) is 60.7 Å². The summed E-state index contributed by atoms with van der Waals surface area (Å²) < 4.78 is 10.6. The number of esters is 2. The van der Waals surface area contributed by atoms with Crippen molar-refractivity contribution in [1.82, 2.24) is 0 Å². The van der Waals surface area contributed by atoms with E-state index < -0.39 is 36.0 Å². The fourth-order valence-corrected chi connectivity index (χ4v) is 3.22.